The normalized spacial score (nSPS) is 31.7. The van der Waals surface area contributed by atoms with E-state index in [9.17, 15) is 9.18 Å². The molecule has 1 spiro atoms. The van der Waals surface area contributed by atoms with E-state index < -0.39 is 12.2 Å². The number of hydrogen-bond acceptors (Lipinski definition) is 5. The SMILES string of the molecule is Cc1nc(N2CCC3(CC2)CO[C@@H](C)[C@H]3N)cc(=O)n1[C@H]1C(Cl)=C(Cl)C=CC1F. The average Bonchev–Trinajstić information content (AvgIpc) is 2.96. The van der Waals surface area contributed by atoms with Gasteiger partial charge in [0.25, 0.3) is 5.56 Å². The summed E-state index contributed by atoms with van der Waals surface area (Å²) in [5.41, 5.74) is 6.02. The number of alkyl halides is 1. The molecule has 0 bridgehead atoms. The van der Waals surface area contributed by atoms with Crippen molar-refractivity contribution in [2.45, 2.75) is 51.0 Å². The maximum Gasteiger partial charge on any atom is 0.256 e. The van der Waals surface area contributed by atoms with Crippen LogP contribution in [0.25, 0.3) is 0 Å². The summed E-state index contributed by atoms with van der Waals surface area (Å²) < 4.78 is 21.6. The van der Waals surface area contributed by atoms with Crippen molar-refractivity contribution in [2.24, 2.45) is 11.1 Å². The van der Waals surface area contributed by atoms with Gasteiger partial charge in [0.15, 0.2) is 0 Å². The zero-order chi connectivity index (χ0) is 20.9. The molecule has 0 aromatic carbocycles. The van der Waals surface area contributed by atoms with Crippen LogP contribution in [0.1, 0.15) is 31.6 Å². The van der Waals surface area contributed by atoms with Crippen LogP contribution in [0.4, 0.5) is 10.2 Å². The summed E-state index contributed by atoms with van der Waals surface area (Å²) in [6.07, 6.45) is 3.09. The maximum atomic E-state index is 14.5. The minimum Gasteiger partial charge on any atom is -0.376 e. The fourth-order valence-corrected chi connectivity index (χ4v) is 5.11. The third-order valence-corrected chi connectivity index (χ3v) is 7.39. The van der Waals surface area contributed by atoms with Gasteiger partial charge in [-0.2, -0.15) is 0 Å². The molecule has 3 aliphatic rings. The average molecular weight is 443 g/mol. The molecule has 4 rings (SSSR count). The first-order valence-electron chi connectivity index (χ1n) is 9.83. The van der Waals surface area contributed by atoms with Crippen LogP contribution in [0, 0.1) is 12.3 Å². The second kappa shape index (κ2) is 7.69. The van der Waals surface area contributed by atoms with Crippen molar-refractivity contribution in [3.05, 3.63) is 44.5 Å². The number of ether oxygens (including phenoxy) is 1. The quantitative estimate of drug-likeness (QED) is 0.761. The van der Waals surface area contributed by atoms with Crippen LogP contribution in [-0.2, 0) is 4.74 Å². The van der Waals surface area contributed by atoms with Gasteiger partial charge in [-0.15, -0.1) is 0 Å². The summed E-state index contributed by atoms with van der Waals surface area (Å²) in [5, 5.41) is 0.331. The van der Waals surface area contributed by atoms with Gasteiger partial charge in [0, 0.05) is 30.6 Å². The lowest BCUT2D eigenvalue weighted by atomic mass is 9.73. The molecule has 1 aliphatic carbocycles. The van der Waals surface area contributed by atoms with Crippen molar-refractivity contribution in [1.82, 2.24) is 9.55 Å². The molecule has 2 N–H and O–H groups in total. The van der Waals surface area contributed by atoms with Gasteiger partial charge in [0.05, 0.1) is 22.8 Å². The predicted octanol–water partition coefficient (Wildman–Crippen LogP) is 3.02. The predicted molar refractivity (Wildman–Crippen MR) is 112 cm³/mol. The molecule has 2 fully saturated rings. The summed E-state index contributed by atoms with van der Waals surface area (Å²) in [7, 11) is 0. The van der Waals surface area contributed by atoms with E-state index in [4.69, 9.17) is 33.7 Å². The summed E-state index contributed by atoms with van der Waals surface area (Å²) in [6.45, 7) is 5.85. The summed E-state index contributed by atoms with van der Waals surface area (Å²) in [5.74, 6) is 0.986. The highest BCUT2D eigenvalue weighted by Gasteiger charge is 2.47. The van der Waals surface area contributed by atoms with Crippen molar-refractivity contribution < 1.29 is 9.13 Å². The molecule has 1 aromatic heterocycles. The fourth-order valence-electron chi connectivity index (χ4n) is 4.64. The molecule has 0 saturated carbocycles. The van der Waals surface area contributed by atoms with Crippen molar-refractivity contribution in [2.75, 3.05) is 24.6 Å². The van der Waals surface area contributed by atoms with Crippen LogP contribution in [0.3, 0.4) is 0 Å². The number of allylic oxidation sites excluding steroid dienone is 4. The Bertz CT molecular complexity index is 924. The van der Waals surface area contributed by atoms with Gasteiger partial charge in [0.2, 0.25) is 0 Å². The summed E-state index contributed by atoms with van der Waals surface area (Å²) in [6, 6.07) is 0.469. The molecular weight excluding hydrogens is 418 g/mol. The van der Waals surface area contributed by atoms with Crippen LogP contribution in [0.5, 0.6) is 0 Å². The Morgan fingerprint density at radius 3 is 2.62 bits per heavy atom. The molecule has 0 amide bonds. The highest BCUT2D eigenvalue weighted by molar-refractivity contribution is 6.40. The Hall–Kier alpha value is -1.41. The number of halogens is 3. The number of nitrogens with zero attached hydrogens (tertiary/aromatic N) is 3. The van der Waals surface area contributed by atoms with Crippen molar-refractivity contribution >= 4 is 29.0 Å². The van der Waals surface area contributed by atoms with E-state index in [1.54, 1.807) is 6.92 Å². The Kier molecular flexibility index (Phi) is 5.53. The van der Waals surface area contributed by atoms with E-state index in [2.05, 4.69) is 9.88 Å². The molecule has 4 atom stereocenters. The Balaban J connectivity index is 1.58. The van der Waals surface area contributed by atoms with Crippen LogP contribution in [-0.4, -0.2) is 47.6 Å². The van der Waals surface area contributed by atoms with Crippen LogP contribution in [0.2, 0.25) is 0 Å². The van der Waals surface area contributed by atoms with Gasteiger partial charge >= 0.3 is 0 Å². The van der Waals surface area contributed by atoms with Crippen LogP contribution in [0.15, 0.2) is 33.1 Å². The first-order valence-corrected chi connectivity index (χ1v) is 10.6. The second-order valence-corrected chi connectivity index (χ2v) is 9.02. The molecule has 0 radical (unpaired) electrons. The first-order chi connectivity index (χ1) is 13.7. The molecule has 2 saturated heterocycles. The topological polar surface area (TPSA) is 73.4 Å². The van der Waals surface area contributed by atoms with Crippen molar-refractivity contribution in [3.8, 4) is 0 Å². The molecule has 29 heavy (non-hydrogen) atoms. The number of aromatic nitrogens is 2. The van der Waals surface area contributed by atoms with Crippen molar-refractivity contribution in [1.29, 1.82) is 0 Å². The highest BCUT2D eigenvalue weighted by atomic mass is 35.5. The number of anilines is 1. The minimum absolute atomic E-state index is 0.00903. The lowest BCUT2D eigenvalue weighted by Crippen LogP contribution is -2.51. The number of nitrogens with two attached hydrogens (primary N) is 1. The molecule has 158 valence electrons. The first kappa shape index (κ1) is 20.8. The zero-order valence-corrected chi connectivity index (χ0v) is 18.0. The van der Waals surface area contributed by atoms with E-state index in [0.717, 1.165) is 25.9 Å². The van der Waals surface area contributed by atoms with Gasteiger partial charge in [-0.25, -0.2) is 9.37 Å². The number of hydrogen-bond donors (Lipinski definition) is 1. The van der Waals surface area contributed by atoms with Crippen molar-refractivity contribution in [3.63, 3.8) is 0 Å². The van der Waals surface area contributed by atoms with Gasteiger partial charge in [-0.1, -0.05) is 23.2 Å². The summed E-state index contributed by atoms with van der Waals surface area (Å²) in [4.78, 5) is 19.6. The lowest BCUT2D eigenvalue weighted by Gasteiger charge is -2.41. The molecule has 9 heteroatoms. The fraction of sp³-hybridized carbons (Fsp3) is 0.600. The van der Waals surface area contributed by atoms with E-state index in [1.165, 1.54) is 22.8 Å². The molecule has 6 nitrogen and oxygen atoms in total. The molecule has 1 aromatic rings. The lowest BCUT2D eigenvalue weighted by molar-refractivity contribution is 0.0974. The van der Waals surface area contributed by atoms with Gasteiger partial charge < -0.3 is 15.4 Å². The van der Waals surface area contributed by atoms with E-state index in [-0.39, 0.29) is 33.2 Å². The molecule has 3 heterocycles. The molecule has 1 unspecified atom stereocenters. The maximum absolute atomic E-state index is 14.5. The van der Waals surface area contributed by atoms with Crippen LogP contribution >= 0.6 is 23.2 Å². The third kappa shape index (κ3) is 3.52. The van der Waals surface area contributed by atoms with Gasteiger partial charge in [-0.3, -0.25) is 9.36 Å². The van der Waals surface area contributed by atoms with E-state index in [0.29, 0.717) is 18.2 Å². The van der Waals surface area contributed by atoms with E-state index >= 15 is 0 Å². The zero-order valence-electron chi connectivity index (χ0n) is 16.4. The third-order valence-electron chi connectivity index (χ3n) is 6.54. The molecular formula is C20H25Cl2FN4O2. The van der Waals surface area contributed by atoms with E-state index in [1.807, 2.05) is 6.92 Å². The monoisotopic (exact) mass is 442 g/mol. The standard InChI is InChI=1S/C20H25Cl2FN4O2/c1-11-19(24)20(10-29-11)5-7-26(8-6-20)15-9-16(28)27(12(2)25-15)18-14(23)4-3-13(21)17(18)22/h3-4,9,11,14,18-19H,5-8,10,24H2,1-2H3/t11-,14?,18+,19+/m0/s1. The Morgan fingerprint density at radius 1 is 1.34 bits per heavy atom. The smallest absolute Gasteiger partial charge is 0.256 e. The number of piperidine rings is 1. The molecule has 2 aliphatic heterocycles. The Labute approximate surface area is 179 Å². The number of aryl methyl sites for hydroxylation is 1. The highest BCUT2D eigenvalue weighted by Crippen LogP contribution is 2.42. The second-order valence-electron chi connectivity index (χ2n) is 8.21. The number of rotatable bonds is 2. The van der Waals surface area contributed by atoms with Crippen LogP contribution < -0.4 is 16.2 Å². The largest absolute Gasteiger partial charge is 0.376 e. The van der Waals surface area contributed by atoms with Gasteiger partial charge in [0.1, 0.15) is 23.9 Å². The summed E-state index contributed by atoms with van der Waals surface area (Å²) >= 11 is 12.3. The minimum atomic E-state index is -1.45. The Morgan fingerprint density at radius 2 is 2.03 bits per heavy atom. The van der Waals surface area contributed by atoms with Gasteiger partial charge in [-0.05, 0) is 38.8 Å².